The van der Waals surface area contributed by atoms with Gasteiger partial charge in [-0.15, -0.1) is 11.3 Å². The number of carbonyl (C=O) groups is 3. The van der Waals surface area contributed by atoms with Gasteiger partial charge in [-0.3, -0.25) is 4.79 Å². The van der Waals surface area contributed by atoms with E-state index in [9.17, 15) is 14.4 Å². The Labute approximate surface area is 161 Å². The Morgan fingerprint density at radius 2 is 1.70 bits per heavy atom. The van der Waals surface area contributed by atoms with Gasteiger partial charge in [-0.05, 0) is 50.6 Å². The molecule has 0 fully saturated rings. The first-order chi connectivity index (χ1) is 12.9. The summed E-state index contributed by atoms with van der Waals surface area (Å²) in [7, 11) is 1.25. The number of esters is 2. The van der Waals surface area contributed by atoms with Crippen LogP contribution in [0.15, 0.2) is 24.3 Å². The van der Waals surface area contributed by atoms with Crippen LogP contribution < -0.4 is 10.1 Å². The van der Waals surface area contributed by atoms with Crippen molar-refractivity contribution in [1.82, 2.24) is 0 Å². The molecule has 0 saturated carbocycles. The fraction of sp³-hybridized carbons (Fsp3) is 0.316. The molecule has 1 N–H and O–H groups in total. The highest BCUT2D eigenvalue weighted by Gasteiger charge is 2.27. The topological polar surface area (TPSA) is 90.9 Å². The number of hydrogen-bond donors (Lipinski definition) is 1. The Balaban J connectivity index is 2.34. The van der Waals surface area contributed by atoms with Crippen LogP contribution in [-0.2, 0) is 9.47 Å². The summed E-state index contributed by atoms with van der Waals surface area (Å²) >= 11 is 0.975. The van der Waals surface area contributed by atoms with Crippen LogP contribution in [0.4, 0.5) is 5.00 Å². The minimum Gasteiger partial charge on any atom is -0.494 e. The number of nitrogens with one attached hydrogen (secondary N) is 1. The molecular formula is C19H21NO6S. The number of anilines is 1. The van der Waals surface area contributed by atoms with E-state index < -0.39 is 17.8 Å². The van der Waals surface area contributed by atoms with Crippen LogP contribution in [0.5, 0.6) is 5.75 Å². The fourth-order valence-electron chi connectivity index (χ4n) is 2.38. The highest BCUT2D eigenvalue weighted by molar-refractivity contribution is 7.18. The number of benzene rings is 1. The van der Waals surface area contributed by atoms with Gasteiger partial charge in [0.25, 0.3) is 5.91 Å². The number of methoxy groups -OCH3 is 1. The highest BCUT2D eigenvalue weighted by atomic mass is 32.1. The molecule has 1 aromatic carbocycles. The lowest BCUT2D eigenvalue weighted by molar-refractivity contribution is 0.0527. The van der Waals surface area contributed by atoms with Crippen molar-refractivity contribution in [2.45, 2.75) is 20.8 Å². The molecule has 144 valence electrons. The Bertz CT molecular complexity index is 841. The average molecular weight is 391 g/mol. The number of amides is 1. The number of hydrogen-bond acceptors (Lipinski definition) is 7. The van der Waals surface area contributed by atoms with Crippen LogP contribution in [0.2, 0.25) is 0 Å². The lowest BCUT2D eigenvalue weighted by Gasteiger charge is -2.08. The maximum Gasteiger partial charge on any atom is 0.348 e. The van der Waals surface area contributed by atoms with Gasteiger partial charge in [-0.1, -0.05) is 0 Å². The van der Waals surface area contributed by atoms with Crippen LogP contribution in [0.3, 0.4) is 0 Å². The molecule has 0 aliphatic heterocycles. The number of thiophene rings is 1. The van der Waals surface area contributed by atoms with Crippen molar-refractivity contribution < 1.29 is 28.6 Å². The third kappa shape index (κ3) is 4.65. The van der Waals surface area contributed by atoms with Crippen molar-refractivity contribution >= 4 is 34.2 Å². The highest BCUT2D eigenvalue weighted by Crippen LogP contribution is 2.34. The van der Waals surface area contributed by atoms with Crippen LogP contribution >= 0.6 is 11.3 Å². The molecule has 0 aliphatic carbocycles. The third-order valence-corrected chi connectivity index (χ3v) is 4.84. The van der Waals surface area contributed by atoms with Gasteiger partial charge >= 0.3 is 11.9 Å². The Morgan fingerprint density at radius 1 is 1.04 bits per heavy atom. The number of carbonyl (C=O) groups excluding carboxylic acids is 3. The van der Waals surface area contributed by atoms with Gasteiger partial charge in [0, 0.05) is 5.56 Å². The van der Waals surface area contributed by atoms with Gasteiger partial charge in [0.2, 0.25) is 0 Å². The molecule has 0 unspecified atom stereocenters. The zero-order chi connectivity index (χ0) is 20.0. The summed E-state index contributed by atoms with van der Waals surface area (Å²) in [4.78, 5) is 37.1. The van der Waals surface area contributed by atoms with Gasteiger partial charge in [0.15, 0.2) is 0 Å². The predicted octanol–water partition coefficient (Wildman–Crippen LogP) is 3.67. The van der Waals surface area contributed by atoms with Crippen molar-refractivity contribution in [3.8, 4) is 5.75 Å². The molecule has 0 spiro atoms. The zero-order valence-electron chi connectivity index (χ0n) is 15.6. The molecule has 1 amide bonds. The molecule has 0 bridgehead atoms. The molecule has 7 nitrogen and oxygen atoms in total. The Hall–Kier alpha value is -2.87. The first-order valence-corrected chi connectivity index (χ1v) is 9.17. The van der Waals surface area contributed by atoms with Crippen molar-refractivity contribution in [2.75, 3.05) is 25.6 Å². The molecule has 0 saturated heterocycles. The van der Waals surface area contributed by atoms with Gasteiger partial charge in [0.05, 0.1) is 25.9 Å². The molecule has 0 atom stereocenters. The van der Waals surface area contributed by atoms with Crippen LogP contribution in [0.25, 0.3) is 0 Å². The Morgan fingerprint density at radius 3 is 2.26 bits per heavy atom. The standard InChI is InChI=1S/C19H21NO6S/c1-5-25-13-9-7-12(8-10-13)16(21)20-17-14(18(22)26-6-2)11(3)15(27-17)19(23)24-4/h7-10H,5-6H2,1-4H3,(H,20,21). The fourth-order valence-corrected chi connectivity index (χ4v) is 3.49. The van der Waals surface area contributed by atoms with Crippen molar-refractivity contribution in [1.29, 1.82) is 0 Å². The number of ether oxygens (including phenoxy) is 3. The first-order valence-electron chi connectivity index (χ1n) is 8.35. The molecule has 0 aliphatic rings. The second-order valence-electron chi connectivity index (χ2n) is 5.38. The molecular weight excluding hydrogens is 370 g/mol. The van der Waals surface area contributed by atoms with E-state index in [1.165, 1.54) is 7.11 Å². The van der Waals surface area contributed by atoms with Gasteiger partial charge in [-0.25, -0.2) is 9.59 Å². The largest absolute Gasteiger partial charge is 0.494 e. The molecule has 0 radical (unpaired) electrons. The second kappa shape index (κ2) is 9.18. The van der Waals surface area contributed by atoms with E-state index in [1.807, 2.05) is 6.92 Å². The van der Waals surface area contributed by atoms with E-state index in [4.69, 9.17) is 14.2 Å². The van der Waals surface area contributed by atoms with Crippen molar-refractivity contribution in [2.24, 2.45) is 0 Å². The van der Waals surface area contributed by atoms with E-state index in [0.717, 1.165) is 11.3 Å². The maximum absolute atomic E-state index is 12.6. The maximum atomic E-state index is 12.6. The van der Waals surface area contributed by atoms with Gasteiger partial charge < -0.3 is 19.5 Å². The van der Waals surface area contributed by atoms with Crippen molar-refractivity contribution in [3.63, 3.8) is 0 Å². The molecule has 1 aromatic heterocycles. The van der Waals surface area contributed by atoms with Crippen LogP contribution in [0, 0.1) is 6.92 Å². The monoisotopic (exact) mass is 391 g/mol. The zero-order valence-corrected chi connectivity index (χ0v) is 16.4. The van der Waals surface area contributed by atoms with E-state index in [-0.39, 0.29) is 22.0 Å². The summed E-state index contributed by atoms with van der Waals surface area (Å²) in [6.07, 6.45) is 0. The molecule has 8 heteroatoms. The number of rotatable bonds is 7. The summed E-state index contributed by atoms with van der Waals surface area (Å²) < 4.78 is 15.1. The lowest BCUT2D eigenvalue weighted by atomic mass is 10.1. The van der Waals surface area contributed by atoms with Crippen LogP contribution in [-0.4, -0.2) is 38.2 Å². The third-order valence-electron chi connectivity index (χ3n) is 3.65. The SMILES string of the molecule is CCOC(=O)c1c(NC(=O)c2ccc(OCC)cc2)sc(C(=O)OC)c1C. The quantitative estimate of drug-likeness (QED) is 0.724. The van der Waals surface area contributed by atoms with Gasteiger partial charge in [0.1, 0.15) is 15.6 Å². The molecule has 2 aromatic rings. The molecule has 1 heterocycles. The average Bonchev–Trinajstić information content (AvgIpc) is 2.98. The summed E-state index contributed by atoms with van der Waals surface area (Å²) in [5, 5.41) is 2.93. The first kappa shape index (κ1) is 20.4. The summed E-state index contributed by atoms with van der Waals surface area (Å²) in [5.74, 6) is -0.949. The normalized spacial score (nSPS) is 10.2. The van der Waals surface area contributed by atoms with E-state index in [1.54, 1.807) is 38.1 Å². The molecule has 27 heavy (non-hydrogen) atoms. The Kier molecular flexibility index (Phi) is 6.95. The van der Waals surface area contributed by atoms with E-state index in [0.29, 0.717) is 23.5 Å². The van der Waals surface area contributed by atoms with Gasteiger partial charge in [-0.2, -0.15) is 0 Å². The second-order valence-corrected chi connectivity index (χ2v) is 6.40. The molecule has 2 rings (SSSR count). The minimum absolute atomic E-state index is 0.154. The van der Waals surface area contributed by atoms with E-state index in [2.05, 4.69) is 5.32 Å². The summed E-state index contributed by atoms with van der Waals surface area (Å²) in [6, 6.07) is 6.60. The summed E-state index contributed by atoms with van der Waals surface area (Å²) in [6.45, 7) is 5.86. The lowest BCUT2D eigenvalue weighted by Crippen LogP contribution is -2.15. The van der Waals surface area contributed by atoms with Crippen LogP contribution in [0.1, 0.15) is 49.8 Å². The smallest absolute Gasteiger partial charge is 0.348 e. The van der Waals surface area contributed by atoms with E-state index >= 15 is 0 Å². The predicted molar refractivity (Wildman–Crippen MR) is 102 cm³/mol. The summed E-state index contributed by atoms with van der Waals surface area (Å²) in [5.41, 5.74) is 0.952. The minimum atomic E-state index is -0.608. The van der Waals surface area contributed by atoms with Crippen molar-refractivity contribution in [3.05, 3.63) is 45.8 Å².